The van der Waals surface area contributed by atoms with Crippen molar-refractivity contribution in [1.29, 1.82) is 0 Å². The Morgan fingerprint density at radius 1 is 1.00 bits per heavy atom. The summed E-state index contributed by atoms with van der Waals surface area (Å²) in [5.41, 5.74) is 2.59. The van der Waals surface area contributed by atoms with Gasteiger partial charge < -0.3 is 0 Å². The molecule has 0 aliphatic carbocycles. The largest absolute Gasteiger partial charge is 0.244 e. The summed E-state index contributed by atoms with van der Waals surface area (Å²) in [6.45, 7) is 1.03. The third-order valence-electron chi connectivity index (χ3n) is 3.23. The third-order valence-corrected chi connectivity index (χ3v) is 4.22. The van der Waals surface area contributed by atoms with Crippen LogP contribution >= 0.6 is 11.8 Å². The first-order chi connectivity index (χ1) is 9.34. The quantitative estimate of drug-likeness (QED) is 0.521. The van der Waals surface area contributed by atoms with E-state index in [1.807, 2.05) is 11.8 Å². The number of aromatic nitrogens is 2. The van der Waals surface area contributed by atoms with Crippen LogP contribution in [-0.2, 0) is 13.6 Å². The molecule has 0 radical (unpaired) electrons. The Balaban J connectivity index is 1.72. The first-order valence-electron chi connectivity index (χ1n) is 6.46. The lowest BCUT2D eigenvalue weighted by molar-refractivity contribution is -0.645. The maximum Gasteiger partial charge on any atom is 0.244 e. The van der Waals surface area contributed by atoms with Gasteiger partial charge in [-0.25, -0.2) is 9.13 Å². The van der Waals surface area contributed by atoms with E-state index in [2.05, 4.69) is 77.1 Å². The van der Waals surface area contributed by atoms with Gasteiger partial charge in [-0.1, -0.05) is 30.3 Å². The molecule has 2 nitrogen and oxygen atoms in total. The molecule has 19 heavy (non-hydrogen) atoms. The number of fused-ring (bicyclic) bond motifs is 1. The standard InChI is InChI=1S/C16H17N2S/c1-17-13-18(16-10-6-5-9-15(16)17)11-12-19-14-7-3-2-4-8-14/h2-10,13H,11-12H2,1H3/q+1. The van der Waals surface area contributed by atoms with E-state index in [9.17, 15) is 0 Å². The molecule has 1 heterocycles. The third kappa shape index (κ3) is 2.66. The Hall–Kier alpha value is -1.74. The fourth-order valence-corrected chi connectivity index (χ4v) is 3.17. The lowest BCUT2D eigenvalue weighted by atomic mass is 10.3. The molecule has 0 fully saturated rings. The highest BCUT2D eigenvalue weighted by Gasteiger charge is 2.11. The van der Waals surface area contributed by atoms with Crippen LogP contribution in [0.5, 0.6) is 0 Å². The van der Waals surface area contributed by atoms with E-state index >= 15 is 0 Å². The summed E-state index contributed by atoms with van der Waals surface area (Å²) in [6.07, 6.45) is 2.18. The van der Waals surface area contributed by atoms with Crippen LogP contribution < -0.4 is 4.57 Å². The second kappa shape index (κ2) is 5.49. The van der Waals surface area contributed by atoms with Crippen LogP contribution in [0.3, 0.4) is 0 Å². The normalized spacial score (nSPS) is 11.0. The first kappa shape index (κ1) is 12.3. The number of benzene rings is 2. The molecule has 0 unspecified atom stereocenters. The van der Waals surface area contributed by atoms with Crippen molar-refractivity contribution in [3.63, 3.8) is 0 Å². The number of aryl methyl sites for hydroxylation is 2. The van der Waals surface area contributed by atoms with Gasteiger partial charge >= 0.3 is 0 Å². The van der Waals surface area contributed by atoms with Crippen molar-refractivity contribution < 1.29 is 4.57 Å². The van der Waals surface area contributed by atoms with Crippen molar-refractivity contribution in [3.05, 3.63) is 60.9 Å². The van der Waals surface area contributed by atoms with Gasteiger partial charge in [-0.3, -0.25) is 0 Å². The van der Waals surface area contributed by atoms with E-state index in [0.717, 1.165) is 12.3 Å². The van der Waals surface area contributed by atoms with Crippen molar-refractivity contribution in [3.8, 4) is 0 Å². The maximum absolute atomic E-state index is 2.32. The van der Waals surface area contributed by atoms with Crippen LogP contribution in [0.15, 0.2) is 65.8 Å². The van der Waals surface area contributed by atoms with E-state index in [1.54, 1.807) is 0 Å². The van der Waals surface area contributed by atoms with Gasteiger partial charge in [0.15, 0.2) is 11.0 Å². The second-order valence-corrected chi connectivity index (χ2v) is 5.74. The molecule has 2 aromatic carbocycles. The number of hydrogen-bond acceptors (Lipinski definition) is 1. The highest BCUT2D eigenvalue weighted by atomic mass is 32.2. The molecule has 0 amide bonds. The molecule has 0 saturated heterocycles. The molecule has 0 aliphatic heterocycles. The summed E-state index contributed by atoms with van der Waals surface area (Å²) in [5, 5.41) is 0. The molecule has 0 aliphatic rings. The van der Waals surface area contributed by atoms with Crippen LogP contribution in [0.2, 0.25) is 0 Å². The Morgan fingerprint density at radius 3 is 2.58 bits per heavy atom. The molecule has 96 valence electrons. The predicted octanol–water partition coefficient (Wildman–Crippen LogP) is 3.26. The molecule has 0 atom stereocenters. The topological polar surface area (TPSA) is 8.81 Å². The van der Waals surface area contributed by atoms with Crippen molar-refractivity contribution >= 4 is 22.8 Å². The van der Waals surface area contributed by atoms with Gasteiger partial charge in [-0.05, 0) is 24.3 Å². The minimum Gasteiger partial charge on any atom is -0.233 e. The number of imidazole rings is 1. The smallest absolute Gasteiger partial charge is 0.233 e. The fourth-order valence-electron chi connectivity index (χ4n) is 2.30. The van der Waals surface area contributed by atoms with Gasteiger partial charge in [-0.15, -0.1) is 11.8 Å². The molecular formula is C16H17N2S+. The highest BCUT2D eigenvalue weighted by molar-refractivity contribution is 7.99. The molecule has 0 saturated carbocycles. The zero-order valence-electron chi connectivity index (χ0n) is 11.0. The summed E-state index contributed by atoms with van der Waals surface area (Å²) in [5.74, 6) is 1.09. The Labute approximate surface area is 117 Å². The number of hydrogen-bond donors (Lipinski definition) is 0. The average Bonchev–Trinajstić information content (AvgIpc) is 2.78. The van der Waals surface area contributed by atoms with Crippen molar-refractivity contribution in [2.45, 2.75) is 11.4 Å². The van der Waals surface area contributed by atoms with E-state index < -0.39 is 0 Å². The van der Waals surface area contributed by atoms with Gasteiger partial charge in [0, 0.05) is 10.6 Å². The molecule has 3 heteroatoms. The van der Waals surface area contributed by atoms with Crippen molar-refractivity contribution in [2.75, 3.05) is 5.75 Å². The number of nitrogens with zero attached hydrogens (tertiary/aromatic N) is 2. The molecule has 3 aromatic rings. The minimum atomic E-state index is 1.03. The van der Waals surface area contributed by atoms with Crippen LogP contribution in [0.25, 0.3) is 11.0 Å². The van der Waals surface area contributed by atoms with Crippen molar-refractivity contribution in [2.24, 2.45) is 7.05 Å². The lowest BCUT2D eigenvalue weighted by Crippen LogP contribution is -2.25. The van der Waals surface area contributed by atoms with E-state index in [4.69, 9.17) is 0 Å². The van der Waals surface area contributed by atoms with Gasteiger partial charge in [-0.2, -0.15) is 0 Å². The SMILES string of the molecule is C[n+]1cn(CCSc2ccccc2)c2ccccc21. The van der Waals surface area contributed by atoms with E-state index in [0.29, 0.717) is 0 Å². The molecule has 0 spiro atoms. The summed E-state index contributed by atoms with van der Waals surface area (Å²) < 4.78 is 4.51. The fraction of sp³-hybridized carbons (Fsp3) is 0.188. The van der Waals surface area contributed by atoms with Crippen LogP contribution in [0.1, 0.15) is 0 Å². The lowest BCUT2D eigenvalue weighted by Gasteiger charge is -1.99. The monoisotopic (exact) mass is 269 g/mol. The van der Waals surface area contributed by atoms with E-state index in [1.165, 1.54) is 15.9 Å². The highest BCUT2D eigenvalue weighted by Crippen LogP contribution is 2.18. The number of para-hydroxylation sites is 2. The Kier molecular flexibility index (Phi) is 3.56. The maximum atomic E-state index is 2.32. The van der Waals surface area contributed by atoms with Gasteiger partial charge in [0.1, 0.15) is 0 Å². The Morgan fingerprint density at radius 2 is 1.74 bits per heavy atom. The van der Waals surface area contributed by atoms with Gasteiger partial charge in [0.25, 0.3) is 0 Å². The number of rotatable bonds is 4. The van der Waals surface area contributed by atoms with Gasteiger partial charge in [0.2, 0.25) is 6.33 Å². The molecular weight excluding hydrogens is 252 g/mol. The Bertz CT molecular complexity index is 674. The molecule has 3 rings (SSSR count). The minimum absolute atomic E-state index is 1.03. The predicted molar refractivity (Wildman–Crippen MR) is 80.3 cm³/mol. The van der Waals surface area contributed by atoms with Gasteiger partial charge in [0.05, 0.1) is 13.6 Å². The zero-order valence-corrected chi connectivity index (χ0v) is 11.8. The van der Waals surface area contributed by atoms with Crippen LogP contribution in [0, 0.1) is 0 Å². The summed E-state index contributed by atoms with van der Waals surface area (Å²) >= 11 is 1.90. The summed E-state index contributed by atoms with van der Waals surface area (Å²) in [7, 11) is 2.10. The summed E-state index contributed by atoms with van der Waals surface area (Å²) in [6, 6.07) is 19.1. The average molecular weight is 269 g/mol. The van der Waals surface area contributed by atoms with Crippen LogP contribution in [0.4, 0.5) is 0 Å². The molecule has 0 N–H and O–H groups in total. The summed E-state index contributed by atoms with van der Waals surface area (Å²) in [4.78, 5) is 1.34. The molecule has 0 bridgehead atoms. The first-order valence-corrected chi connectivity index (χ1v) is 7.44. The van der Waals surface area contributed by atoms with E-state index in [-0.39, 0.29) is 0 Å². The number of thioether (sulfide) groups is 1. The van der Waals surface area contributed by atoms with Crippen molar-refractivity contribution in [1.82, 2.24) is 4.57 Å². The second-order valence-electron chi connectivity index (χ2n) is 4.57. The van der Waals surface area contributed by atoms with Crippen LogP contribution in [-0.4, -0.2) is 10.3 Å². The zero-order chi connectivity index (χ0) is 13.1. The molecule has 1 aromatic heterocycles.